The van der Waals surface area contributed by atoms with Crippen molar-refractivity contribution in [3.63, 3.8) is 0 Å². The van der Waals surface area contributed by atoms with Crippen LogP contribution in [0.3, 0.4) is 0 Å². The van der Waals surface area contributed by atoms with Gasteiger partial charge in [-0.05, 0) is 18.8 Å². The summed E-state index contributed by atoms with van der Waals surface area (Å²) in [6.45, 7) is 6.38. The lowest BCUT2D eigenvalue weighted by atomic mass is 9.99. The summed E-state index contributed by atoms with van der Waals surface area (Å²) in [6, 6.07) is 0. The Kier molecular flexibility index (Phi) is 4.37. The predicted octanol–water partition coefficient (Wildman–Crippen LogP) is 2.85. The van der Waals surface area contributed by atoms with Crippen LogP contribution in [0.1, 0.15) is 40.0 Å². The Bertz CT molecular complexity index is 86.6. The van der Waals surface area contributed by atoms with Gasteiger partial charge in [0.05, 0.1) is 0 Å². The van der Waals surface area contributed by atoms with E-state index in [0.29, 0.717) is 5.92 Å². The van der Waals surface area contributed by atoms with Crippen molar-refractivity contribution in [2.75, 3.05) is 0 Å². The van der Waals surface area contributed by atoms with Gasteiger partial charge in [0.25, 0.3) is 0 Å². The zero-order valence-electron chi connectivity index (χ0n) is 6.70. The van der Waals surface area contributed by atoms with E-state index in [1.165, 1.54) is 0 Å². The fraction of sp³-hybridized carbons (Fsp3) is 0.875. The van der Waals surface area contributed by atoms with Crippen LogP contribution in [-0.4, -0.2) is 5.71 Å². The average Bonchev–Trinajstić information content (AvgIpc) is 1.87. The summed E-state index contributed by atoms with van der Waals surface area (Å²) < 4.78 is 0. The van der Waals surface area contributed by atoms with Gasteiger partial charge in [-0.2, -0.15) is 0 Å². The first kappa shape index (κ1) is 8.67. The minimum atomic E-state index is 0.505. The molecule has 0 aliphatic rings. The highest BCUT2D eigenvalue weighted by Crippen LogP contribution is 2.06. The van der Waals surface area contributed by atoms with E-state index in [4.69, 9.17) is 5.41 Å². The van der Waals surface area contributed by atoms with Crippen LogP contribution >= 0.6 is 0 Å². The Morgan fingerprint density at radius 2 is 2.00 bits per heavy atom. The van der Waals surface area contributed by atoms with E-state index < -0.39 is 0 Å². The Morgan fingerprint density at radius 1 is 1.44 bits per heavy atom. The highest BCUT2D eigenvalue weighted by Gasteiger charge is 2.03. The largest absolute Gasteiger partial charge is 0.309 e. The highest BCUT2D eigenvalue weighted by atomic mass is 14.4. The molecular formula is C8H17N. The van der Waals surface area contributed by atoms with E-state index in [1.807, 2.05) is 0 Å². The van der Waals surface area contributed by atoms with Crippen molar-refractivity contribution in [1.29, 1.82) is 5.41 Å². The molecule has 0 bridgehead atoms. The summed E-state index contributed by atoms with van der Waals surface area (Å²) in [6.07, 6.45) is 3.21. The quantitative estimate of drug-likeness (QED) is 0.561. The van der Waals surface area contributed by atoms with Gasteiger partial charge >= 0.3 is 0 Å². The molecule has 1 unspecified atom stereocenters. The van der Waals surface area contributed by atoms with Gasteiger partial charge < -0.3 is 5.41 Å². The second kappa shape index (κ2) is 4.54. The standard InChI is InChI=1S/C8H17N/c1-4-6-8(9)7(3)5-2/h7,9H,4-6H2,1-3H3. The van der Waals surface area contributed by atoms with E-state index in [0.717, 1.165) is 25.0 Å². The SMILES string of the molecule is CCCC(=N)C(C)CC. The van der Waals surface area contributed by atoms with Crippen LogP contribution in [0.2, 0.25) is 0 Å². The molecule has 0 spiro atoms. The summed E-state index contributed by atoms with van der Waals surface area (Å²) in [5, 5.41) is 7.49. The van der Waals surface area contributed by atoms with Gasteiger partial charge in [-0.15, -0.1) is 0 Å². The molecule has 1 N–H and O–H groups in total. The van der Waals surface area contributed by atoms with Crippen molar-refractivity contribution < 1.29 is 0 Å². The van der Waals surface area contributed by atoms with Gasteiger partial charge in [-0.25, -0.2) is 0 Å². The van der Waals surface area contributed by atoms with Crippen LogP contribution in [0.15, 0.2) is 0 Å². The molecule has 0 fully saturated rings. The van der Waals surface area contributed by atoms with Crippen molar-refractivity contribution in [3.05, 3.63) is 0 Å². The fourth-order valence-electron chi connectivity index (χ4n) is 0.762. The second-order valence-corrected chi connectivity index (χ2v) is 2.58. The third-order valence-electron chi connectivity index (χ3n) is 1.73. The van der Waals surface area contributed by atoms with Crippen molar-refractivity contribution in [1.82, 2.24) is 0 Å². The van der Waals surface area contributed by atoms with Crippen LogP contribution < -0.4 is 0 Å². The molecule has 0 heterocycles. The number of hydrogen-bond acceptors (Lipinski definition) is 1. The predicted molar refractivity (Wildman–Crippen MR) is 42.1 cm³/mol. The normalized spacial score (nSPS) is 13.2. The van der Waals surface area contributed by atoms with Crippen molar-refractivity contribution in [2.45, 2.75) is 40.0 Å². The topological polar surface area (TPSA) is 23.9 Å². The molecule has 0 aromatic carbocycles. The summed E-state index contributed by atoms with van der Waals surface area (Å²) in [7, 11) is 0. The maximum Gasteiger partial charge on any atom is 0.0117 e. The molecule has 0 saturated carbocycles. The van der Waals surface area contributed by atoms with Crippen molar-refractivity contribution >= 4 is 5.71 Å². The number of nitrogens with one attached hydrogen (secondary N) is 1. The molecule has 0 aliphatic heterocycles. The van der Waals surface area contributed by atoms with Gasteiger partial charge in [-0.1, -0.05) is 27.2 Å². The van der Waals surface area contributed by atoms with E-state index in [-0.39, 0.29) is 0 Å². The zero-order chi connectivity index (χ0) is 7.28. The van der Waals surface area contributed by atoms with Crippen LogP contribution in [0.25, 0.3) is 0 Å². The highest BCUT2D eigenvalue weighted by molar-refractivity contribution is 5.83. The molecule has 1 nitrogen and oxygen atoms in total. The lowest BCUT2D eigenvalue weighted by Crippen LogP contribution is -2.07. The van der Waals surface area contributed by atoms with Crippen molar-refractivity contribution in [3.8, 4) is 0 Å². The maximum atomic E-state index is 7.49. The lowest BCUT2D eigenvalue weighted by Gasteiger charge is -2.07. The van der Waals surface area contributed by atoms with Gasteiger partial charge in [0.1, 0.15) is 0 Å². The van der Waals surface area contributed by atoms with Gasteiger partial charge in [0.2, 0.25) is 0 Å². The summed E-state index contributed by atoms with van der Waals surface area (Å²) >= 11 is 0. The molecule has 54 valence electrons. The van der Waals surface area contributed by atoms with E-state index in [2.05, 4.69) is 20.8 Å². The molecule has 0 aliphatic carbocycles. The summed E-state index contributed by atoms with van der Waals surface area (Å²) in [5.74, 6) is 0.505. The Hall–Kier alpha value is -0.330. The van der Waals surface area contributed by atoms with Crippen LogP contribution in [0, 0.1) is 11.3 Å². The molecule has 0 saturated heterocycles. The van der Waals surface area contributed by atoms with E-state index in [1.54, 1.807) is 0 Å². The Balaban J connectivity index is 3.46. The molecule has 0 amide bonds. The van der Waals surface area contributed by atoms with Gasteiger partial charge in [-0.3, -0.25) is 0 Å². The Morgan fingerprint density at radius 3 is 2.33 bits per heavy atom. The third-order valence-corrected chi connectivity index (χ3v) is 1.73. The molecule has 0 aromatic rings. The number of rotatable bonds is 4. The zero-order valence-corrected chi connectivity index (χ0v) is 6.70. The molecule has 9 heavy (non-hydrogen) atoms. The molecule has 1 atom stereocenters. The fourth-order valence-corrected chi connectivity index (χ4v) is 0.762. The first-order chi connectivity index (χ1) is 4.22. The van der Waals surface area contributed by atoms with Crippen LogP contribution in [-0.2, 0) is 0 Å². The molecule has 0 radical (unpaired) electrons. The summed E-state index contributed by atoms with van der Waals surface area (Å²) in [5.41, 5.74) is 0.917. The second-order valence-electron chi connectivity index (χ2n) is 2.58. The van der Waals surface area contributed by atoms with E-state index >= 15 is 0 Å². The average molecular weight is 127 g/mol. The van der Waals surface area contributed by atoms with Crippen LogP contribution in [0.5, 0.6) is 0 Å². The first-order valence-corrected chi connectivity index (χ1v) is 3.79. The number of hydrogen-bond donors (Lipinski definition) is 1. The van der Waals surface area contributed by atoms with Gasteiger partial charge in [0, 0.05) is 5.71 Å². The smallest absolute Gasteiger partial charge is 0.0117 e. The minimum absolute atomic E-state index is 0.505. The monoisotopic (exact) mass is 127 g/mol. The lowest BCUT2D eigenvalue weighted by molar-refractivity contribution is 0.710. The molecular weight excluding hydrogens is 110 g/mol. The summed E-state index contributed by atoms with van der Waals surface area (Å²) in [4.78, 5) is 0. The Labute approximate surface area is 58.0 Å². The molecule has 0 rings (SSSR count). The van der Waals surface area contributed by atoms with Gasteiger partial charge in [0.15, 0.2) is 0 Å². The van der Waals surface area contributed by atoms with Crippen molar-refractivity contribution in [2.24, 2.45) is 5.92 Å². The maximum absolute atomic E-state index is 7.49. The molecule has 0 aromatic heterocycles. The third kappa shape index (κ3) is 3.28. The minimum Gasteiger partial charge on any atom is -0.309 e. The molecule has 1 heteroatoms. The first-order valence-electron chi connectivity index (χ1n) is 3.79. The van der Waals surface area contributed by atoms with Crippen LogP contribution in [0.4, 0.5) is 0 Å². The van der Waals surface area contributed by atoms with E-state index in [9.17, 15) is 0 Å².